The molecule has 0 aromatic heterocycles. The van der Waals surface area contributed by atoms with E-state index >= 15 is 0 Å². The van der Waals surface area contributed by atoms with Gasteiger partial charge >= 0.3 is 12.1 Å². The zero-order valence-corrected chi connectivity index (χ0v) is 33.0. The van der Waals surface area contributed by atoms with Crippen LogP contribution >= 0.6 is 0 Å². The van der Waals surface area contributed by atoms with Gasteiger partial charge in [-0.05, 0) is 120 Å². The summed E-state index contributed by atoms with van der Waals surface area (Å²) in [5, 5.41) is 12.0. The van der Waals surface area contributed by atoms with Crippen LogP contribution in [-0.4, -0.2) is 74.2 Å². The van der Waals surface area contributed by atoms with Crippen LogP contribution in [-0.2, 0) is 6.42 Å². The van der Waals surface area contributed by atoms with Gasteiger partial charge in [-0.15, -0.1) is 0 Å². The third kappa shape index (κ3) is 22.4. The highest BCUT2D eigenvalue weighted by Gasteiger charge is 2.08. The molecule has 0 aliphatic heterocycles. The molecule has 0 unspecified atom stereocenters. The lowest BCUT2D eigenvalue weighted by molar-refractivity contribution is 0.245. The average molecular weight is 707 g/mol. The largest absolute Gasteiger partial charge is 0.338 e. The summed E-state index contributed by atoms with van der Waals surface area (Å²) in [7, 11) is 0. The number of nitrogens with zero attached hydrogens (tertiary/aromatic N) is 2. The van der Waals surface area contributed by atoms with Crippen molar-refractivity contribution in [2.45, 2.75) is 137 Å². The Morgan fingerprint density at radius 2 is 0.745 bits per heavy atom. The van der Waals surface area contributed by atoms with E-state index in [0.717, 1.165) is 67.9 Å². The molecular formula is C43H74N6O2. The van der Waals surface area contributed by atoms with Crippen molar-refractivity contribution in [1.82, 2.24) is 20.4 Å². The van der Waals surface area contributed by atoms with Gasteiger partial charge in [0.1, 0.15) is 0 Å². The fraction of sp³-hybridized carbons (Fsp3) is 0.674. The van der Waals surface area contributed by atoms with Crippen molar-refractivity contribution >= 4 is 23.4 Å². The minimum atomic E-state index is -0.155. The molecule has 8 heteroatoms. The first kappa shape index (κ1) is 44.1. The van der Waals surface area contributed by atoms with Gasteiger partial charge in [0.05, 0.1) is 0 Å². The fourth-order valence-electron chi connectivity index (χ4n) is 6.37. The Morgan fingerprint density at radius 1 is 0.431 bits per heavy atom. The van der Waals surface area contributed by atoms with Gasteiger partial charge in [0, 0.05) is 24.5 Å². The van der Waals surface area contributed by atoms with Crippen molar-refractivity contribution in [3.05, 3.63) is 59.7 Å². The highest BCUT2D eigenvalue weighted by atomic mass is 16.2. The van der Waals surface area contributed by atoms with E-state index in [2.05, 4.69) is 83.0 Å². The van der Waals surface area contributed by atoms with Gasteiger partial charge < -0.3 is 31.1 Å². The summed E-state index contributed by atoms with van der Waals surface area (Å²) < 4.78 is 0. The Bertz CT molecular complexity index is 1050. The third-order valence-corrected chi connectivity index (χ3v) is 9.52. The molecule has 2 aromatic rings. The second kappa shape index (κ2) is 29.5. The minimum absolute atomic E-state index is 0.155. The first-order valence-electron chi connectivity index (χ1n) is 20.7. The molecule has 0 heterocycles. The molecule has 0 atom stereocenters. The monoisotopic (exact) mass is 707 g/mol. The van der Waals surface area contributed by atoms with Crippen LogP contribution in [0.4, 0.5) is 21.0 Å². The van der Waals surface area contributed by atoms with Crippen LogP contribution in [0.3, 0.4) is 0 Å². The maximum Gasteiger partial charge on any atom is 0.319 e. The Morgan fingerprint density at radius 3 is 1.10 bits per heavy atom. The summed E-state index contributed by atoms with van der Waals surface area (Å²) in [4.78, 5) is 30.2. The third-order valence-electron chi connectivity index (χ3n) is 9.52. The van der Waals surface area contributed by atoms with Crippen molar-refractivity contribution in [1.29, 1.82) is 0 Å². The number of amides is 4. The summed E-state index contributed by atoms with van der Waals surface area (Å²) in [5.41, 5.74) is 3.90. The molecule has 2 rings (SSSR count). The molecule has 2 aromatic carbocycles. The number of unbranched alkanes of at least 4 members (excludes halogenated alkanes) is 10. The first-order chi connectivity index (χ1) is 25.0. The van der Waals surface area contributed by atoms with Crippen molar-refractivity contribution in [3.8, 4) is 0 Å². The van der Waals surface area contributed by atoms with Gasteiger partial charge in [0.15, 0.2) is 0 Å². The SMILES string of the molecule is CCCCCCN(CCCCC)CCCNC(=O)Nc1ccc(Cc2ccc(NC(=O)NCCCN(CCCCC)CCCCCC)cc2)cc1. The highest BCUT2D eigenvalue weighted by molar-refractivity contribution is 5.89. The van der Waals surface area contributed by atoms with Gasteiger partial charge in [-0.25, -0.2) is 9.59 Å². The lowest BCUT2D eigenvalue weighted by Gasteiger charge is -2.22. The molecule has 0 fully saturated rings. The quantitative estimate of drug-likeness (QED) is 0.0609. The van der Waals surface area contributed by atoms with E-state index in [1.54, 1.807) is 0 Å². The van der Waals surface area contributed by atoms with Crippen molar-refractivity contribution < 1.29 is 9.59 Å². The summed E-state index contributed by atoms with van der Waals surface area (Å²) in [5.74, 6) is 0. The number of anilines is 2. The number of rotatable bonds is 30. The standard InChI is InChI=1S/C43H74N6O2/c1-5-9-13-17-33-48(31-15-11-7-3)35-19-29-44-42(50)46-40-25-21-38(22-26-40)37-39-23-27-41(28-24-39)47-43(51)45-30-20-36-49(32-16-12-8-4)34-18-14-10-6-2/h21-28H,5-20,29-37H2,1-4H3,(H2,44,46,50)(H2,45,47,51). The van der Waals surface area contributed by atoms with Crippen LogP contribution in [0.15, 0.2) is 48.5 Å². The average Bonchev–Trinajstić information content (AvgIpc) is 3.13. The molecule has 0 spiro atoms. The second-order valence-corrected chi connectivity index (χ2v) is 14.3. The molecule has 0 saturated heterocycles. The van der Waals surface area contributed by atoms with E-state index in [-0.39, 0.29) is 12.1 Å². The molecule has 4 N–H and O–H groups in total. The van der Waals surface area contributed by atoms with Crippen LogP contribution in [0.2, 0.25) is 0 Å². The van der Waals surface area contributed by atoms with Gasteiger partial charge in [0.25, 0.3) is 0 Å². The van der Waals surface area contributed by atoms with Gasteiger partial charge in [-0.3, -0.25) is 0 Å². The van der Waals surface area contributed by atoms with E-state index in [9.17, 15) is 9.59 Å². The van der Waals surface area contributed by atoms with Gasteiger partial charge in [0.2, 0.25) is 0 Å². The van der Waals surface area contributed by atoms with Gasteiger partial charge in [-0.1, -0.05) is 116 Å². The normalized spacial score (nSPS) is 11.3. The number of carbonyl (C=O) groups is 2. The molecule has 0 aliphatic rings. The van der Waals surface area contributed by atoms with E-state index in [4.69, 9.17) is 0 Å². The number of urea groups is 2. The van der Waals surface area contributed by atoms with Gasteiger partial charge in [-0.2, -0.15) is 0 Å². The minimum Gasteiger partial charge on any atom is -0.338 e. The molecule has 288 valence electrons. The number of hydrogen-bond acceptors (Lipinski definition) is 4. The highest BCUT2D eigenvalue weighted by Crippen LogP contribution is 2.16. The summed E-state index contributed by atoms with van der Waals surface area (Å²) >= 11 is 0. The van der Waals surface area contributed by atoms with Crippen LogP contribution in [0, 0.1) is 0 Å². The van der Waals surface area contributed by atoms with E-state index in [1.165, 1.54) is 103 Å². The van der Waals surface area contributed by atoms with Crippen LogP contribution < -0.4 is 21.3 Å². The molecule has 0 bridgehead atoms. The van der Waals surface area contributed by atoms with Crippen LogP contribution in [0.25, 0.3) is 0 Å². The van der Waals surface area contributed by atoms with Crippen molar-refractivity contribution in [2.75, 3.05) is 63.0 Å². The summed E-state index contributed by atoms with van der Waals surface area (Å²) in [6.45, 7) is 17.1. The van der Waals surface area contributed by atoms with E-state index in [1.807, 2.05) is 24.3 Å². The molecule has 8 nitrogen and oxygen atoms in total. The Balaban J connectivity index is 1.67. The Labute approximate surface area is 312 Å². The van der Waals surface area contributed by atoms with Crippen molar-refractivity contribution in [2.24, 2.45) is 0 Å². The van der Waals surface area contributed by atoms with Crippen LogP contribution in [0.1, 0.15) is 142 Å². The Kier molecular flexibility index (Phi) is 25.5. The summed E-state index contributed by atoms with van der Waals surface area (Å²) in [6.07, 6.45) is 20.6. The second-order valence-electron chi connectivity index (χ2n) is 14.3. The fourth-order valence-corrected chi connectivity index (χ4v) is 6.37. The predicted octanol–water partition coefficient (Wildman–Crippen LogP) is 10.4. The number of nitrogens with one attached hydrogen (secondary N) is 4. The predicted molar refractivity (Wildman–Crippen MR) is 219 cm³/mol. The number of hydrogen-bond donors (Lipinski definition) is 4. The summed E-state index contributed by atoms with van der Waals surface area (Å²) in [6, 6.07) is 15.7. The van der Waals surface area contributed by atoms with E-state index < -0.39 is 0 Å². The van der Waals surface area contributed by atoms with Crippen LogP contribution in [0.5, 0.6) is 0 Å². The smallest absolute Gasteiger partial charge is 0.319 e. The molecular weight excluding hydrogens is 633 g/mol. The zero-order valence-electron chi connectivity index (χ0n) is 33.0. The maximum atomic E-state index is 12.5. The zero-order chi connectivity index (χ0) is 36.8. The molecule has 4 amide bonds. The molecule has 0 saturated carbocycles. The lowest BCUT2D eigenvalue weighted by atomic mass is 10.0. The lowest BCUT2D eigenvalue weighted by Crippen LogP contribution is -2.33. The molecule has 0 aliphatic carbocycles. The topological polar surface area (TPSA) is 88.7 Å². The Hall–Kier alpha value is -3.10. The molecule has 0 radical (unpaired) electrons. The number of benzene rings is 2. The van der Waals surface area contributed by atoms with E-state index in [0.29, 0.717) is 13.1 Å². The number of carbonyl (C=O) groups excluding carboxylic acids is 2. The van der Waals surface area contributed by atoms with Crippen molar-refractivity contribution in [3.63, 3.8) is 0 Å². The maximum absolute atomic E-state index is 12.5. The first-order valence-corrected chi connectivity index (χ1v) is 20.7. The molecule has 51 heavy (non-hydrogen) atoms.